The predicted octanol–water partition coefficient (Wildman–Crippen LogP) is 3.63. The van der Waals surface area contributed by atoms with Crippen LogP contribution in [0.4, 0.5) is 11.4 Å². The summed E-state index contributed by atoms with van der Waals surface area (Å²) in [6, 6.07) is 8.69. The topological polar surface area (TPSA) is 46.3 Å². The van der Waals surface area contributed by atoms with Crippen LogP contribution in [0.2, 0.25) is 0 Å². The van der Waals surface area contributed by atoms with E-state index in [2.05, 4.69) is 24.1 Å². The van der Waals surface area contributed by atoms with Gasteiger partial charge in [0.05, 0.1) is 0 Å². The third-order valence-corrected chi connectivity index (χ3v) is 4.51. The van der Waals surface area contributed by atoms with Gasteiger partial charge in [0.15, 0.2) is 0 Å². The van der Waals surface area contributed by atoms with E-state index in [1.807, 2.05) is 12.1 Å². The highest BCUT2D eigenvalue weighted by molar-refractivity contribution is 5.75. The average Bonchev–Trinajstić information content (AvgIpc) is 2.45. The van der Waals surface area contributed by atoms with Crippen molar-refractivity contribution in [1.29, 1.82) is 0 Å². The number of hydrogen-bond donors (Lipinski definition) is 1. The minimum Gasteiger partial charge on any atom is -0.399 e. The molecule has 2 atom stereocenters. The summed E-state index contributed by atoms with van der Waals surface area (Å²) in [5, 5.41) is 0. The lowest BCUT2D eigenvalue weighted by Crippen LogP contribution is -2.36. The molecule has 2 rings (SSSR count). The fourth-order valence-electron chi connectivity index (χ4n) is 3.20. The molecule has 0 spiro atoms. The Morgan fingerprint density at radius 2 is 2.00 bits per heavy atom. The van der Waals surface area contributed by atoms with Gasteiger partial charge in [0.2, 0.25) is 0 Å². The monoisotopic (exact) mass is 274 g/mol. The van der Waals surface area contributed by atoms with Gasteiger partial charge in [-0.1, -0.05) is 12.8 Å². The van der Waals surface area contributed by atoms with Crippen LogP contribution in [0.5, 0.6) is 0 Å². The van der Waals surface area contributed by atoms with Crippen molar-refractivity contribution < 1.29 is 4.79 Å². The zero-order valence-electron chi connectivity index (χ0n) is 12.6. The number of nitrogens with two attached hydrogens (primary N) is 1. The summed E-state index contributed by atoms with van der Waals surface area (Å²) in [6.45, 7) is 1.70. The van der Waals surface area contributed by atoms with Crippen molar-refractivity contribution in [2.75, 3.05) is 17.7 Å². The molecule has 0 amide bonds. The molecule has 0 radical (unpaired) electrons. The van der Waals surface area contributed by atoms with Gasteiger partial charge in [0.1, 0.15) is 5.78 Å². The SMILES string of the molecule is CC(=O)CCC1CCCC(N(C)c2ccc(N)cc2)C1. The minimum absolute atomic E-state index is 0.319. The quantitative estimate of drug-likeness (QED) is 0.834. The number of anilines is 2. The lowest BCUT2D eigenvalue weighted by atomic mass is 9.82. The fourth-order valence-corrected chi connectivity index (χ4v) is 3.20. The molecule has 0 aromatic heterocycles. The van der Waals surface area contributed by atoms with Gasteiger partial charge in [-0.15, -0.1) is 0 Å². The summed E-state index contributed by atoms with van der Waals surface area (Å²) in [5.74, 6) is 1.02. The second kappa shape index (κ2) is 6.78. The number of nitrogens with zero attached hydrogens (tertiary/aromatic N) is 1. The summed E-state index contributed by atoms with van der Waals surface area (Å²) >= 11 is 0. The molecule has 1 aromatic rings. The summed E-state index contributed by atoms with van der Waals surface area (Å²) in [4.78, 5) is 13.5. The van der Waals surface area contributed by atoms with Crippen LogP contribution in [0, 0.1) is 5.92 Å². The van der Waals surface area contributed by atoms with E-state index in [0.717, 1.165) is 18.5 Å². The number of hydrogen-bond acceptors (Lipinski definition) is 3. The van der Waals surface area contributed by atoms with Crippen LogP contribution in [-0.2, 0) is 4.79 Å². The number of Topliss-reactive ketones (excluding diaryl/α,β-unsaturated/α-hetero) is 1. The van der Waals surface area contributed by atoms with Gasteiger partial charge in [0.25, 0.3) is 0 Å². The Morgan fingerprint density at radius 1 is 1.30 bits per heavy atom. The molecule has 1 aromatic carbocycles. The molecule has 0 saturated heterocycles. The first-order valence-electron chi connectivity index (χ1n) is 7.64. The maximum absolute atomic E-state index is 11.1. The van der Waals surface area contributed by atoms with Crippen molar-refractivity contribution in [2.45, 2.75) is 51.5 Å². The van der Waals surface area contributed by atoms with Crippen LogP contribution in [0.1, 0.15) is 45.4 Å². The molecule has 0 bridgehead atoms. The summed E-state index contributed by atoms with van der Waals surface area (Å²) in [5.41, 5.74) is 7.79. The number of ketones is 1. The first-order valence-corrected chi connectivity index (χ1v) is 7.64. The van der Waals surface area contributed by atoms with Gasteiger partial charge < -0.3 is 15.4 Å². The fraction of sp³-hybridized carbons (Fsp3) is 0.588. The normalized spacial score (nSPS) is 22.5. The molecule has 20 heavy (non-hydrogen) atoms. The zero-order chi connectivity index (χ0) is 14.5. The number of carbonyl (C=O) groups excluding carboxylic acids is 1. The summed E-state index contributed by atoms with van der Waals surface area (Å²) in [6.07, 6.45) is 6.79. The number of nitrogen functional groups attached to an aromatic ring is 1. The molecule has 2 N–H and O–H groups in total. The van der Waals surface area contributed by atoms with E-state index in [9.17, 15) is 4.79 Å². The largest absolute Gasteiger partial charge is 0.399 e. The van der Waals surface area contributed by atoms with Gasteiger partial charge in [-0.05, 0) is 56.4 Å². The van der Waals surface area contributed by atoms with Gasteiger partial charge in [0, 0.05) is 30.9 Å². The van der Waals surface area contributed by atoms with Crippen molar-refractivity contribution in [1.82, 2.24) is 0 Å². The van der Waals surface area contributed by atoms with Crippen LogP contribution >= 0.6 is 0 Å². The number of benzene rings is 1. The standard InChI is InChI=1S/C17H26N2O/c1-13(20)6-7-14-4-3-5-17(12-14)19(2)16-10-8-15(18)9-11-16/h8-11,14,17H,3-7,12,18H2,1-2H3. The molecule has 3 nitrogen and oxygen atoms in total. The molecular weight excluding hydrogens is 248 g/mol. The maximum Gasteiger partial charge on any atom is 0.129 e. The van der Waals surface area contributed by atoms with Crippen LogP contribution in [0.15, 0.2) is 24.3 Å². The first kappa shape index (κ1) is 14.9. The van der Waals surface area contributed by atoms with Crippen molar-refractivity contribution in [3.63, 3.8) is 0 Å². The minimum atomic E-state index is 0.319. The second-order valence-corrected chi connectivity index (χ2v) is 6.13. The highest BCUT2D eigenvalue weighted by atomic mass is 16.1. The Kier molecular flexibility index (Phi) is 5.05. The smallest absolute Gasteiger partial charge is 0.129 e. The third kappa shape index (κ3) is 3.99. The Bertz CT molecular complexity index is 441. The second-order valence-electron chi connectivity index (χ2n) is 6.13. The lowest BCUT2D eigenvalue weighted by molar-refractivity contribution is -0.117. The predicted molar refractivity (Wildman–Crippen MR) is 84.9 cm³/mol. The Hall–Kier alpha value is -1.51. The molecule has 3 heteroatoms. The molecule has 2 unspecified atom stereocenters. The molecular formula is C17H26N2O. The van der Waals surface area contributed by atoms with Crippen molar-refractivity contribution in [3.8, 4) is 0 Å². The molecule has 110 valence electrons. The Morgan fingerprint density at radius 3 is 2.65 bits per heavy atom. The van der Waals surface area contributed by atoms with E-state index in [-0.39, 0.29) is 0 Å². The molecule has 1 aliphatic carbocycles. The third-order valence-electron chi connectivity index (χ3n) is 4.51. The van der Waals surface area contributed by atoms with Crippen LogP contribution in [0.3, 0.4) is 0 Å². The van der Waals surface area contributed by atoms with Crippen LogP contribution in [0.25, 0.3) is 0 Å². The lowest BCUT2D eigenvalue weighted by Gasteiger charge is -2.36. The van der Waals surface area contributed by atoms with Gasteiger partial charge >= 0.3 is 0 Å². The van der Waals surface area contributed by atoms with E-state index < -0.39 is 0 Å². The maximum atomic E-state index is 11.1. The van der Waals surface area contributed by atoms with E-state index in [4.69, 9.17) is 5.73 Å². The van der Waals surface area contributed by atoms with Crippen LogP contribution < -0.4 is 10.6 Å². The van der Waals surface area contributed by atoms with Gasteiger partial charge in [-0.2, -0.15) is 0 Å². The highest BCUT2D eigenvalue weighted by Crippen LogP contribution is 2.32. The Labute approximate surface area is 122 Å². The van der Waals surface area contributed by atoms with Gasteiger partial charge in [-0.3, -0.25) is 0 Å². The van der Waals surface area contributed by atoms with Crippen molar-refractivity contribution in [3.05, 3.63) is 24.3 Å². The van der Waals surface area contributed by atoms with Crippen molar-refractivity contribution in [2.24, 2.45) is 5.92 Å². The zero-order valence-corrected chi connectivity index (χ0v) is 12.6. The van der Waals surface area contributed by atoms with Crippen molar-refractivity contribution >= 4 is 17.2 Å². The summed E-state index contributed by atoms with van der Waals surface area (Å²) in [7, 11) is 2.17. The summed E-state index contributed by atoms with van der Waals surface area (Å²) < 4.78 is 0. The highest BCUT2D eigenvalue weighted by Gasteiger charge is 2.25. The Balaban J connectivity index is 1.94. The molecule has 0 heterocycles. The van der Waals surface area contributed by atoms with E-state index in [1.54, 1.807) is 6.92 Å². The van der Waals surface area contributed by atoms with E-state index >= 15 is 0 Å². The average molecular weight is 274 g/mol. The first-order chi connectivity index (χ1) is 9.56. The molecule has 1 aliphatic rings. The molecule has 1 saturated carbocycles. The van der Waals surface area contributed by atoms with E-state index in [1.165, 1.54) is 31.4 Å². The molecule has 0 aliphatic heterocycles. The number of carbonyl (C=O) groups is 1. The van der Waals surface area contributed by atoms with E-state index in [0.29, 0.717) is 17.7 Å². The molecule has 1 fully saturated rings. The number of rotatable bonds is 5. The van der Waals surface area contributed by atoms with Gasteiger partial charge in [-0.25, -0.2) is 0 Å². The van der Waals surface area contributed by atoms with Crippen LogP contribution in [-0.4, -0.2) is 18.9 Å².